The Balaban J connectivity index is 2.18. The first-order chi connectivity index (χ1) is 9.86. The molecule has 0 spiro atoms. The van der Waals surface area contributed by atoms with Crippen molar-refractivity contribution >= 4 is 21.6 Å². The lowest BCUT2D eigenvalue weighted by Gasteiger charge is -2.27. The van der Waals surface area contributed by atoms with Crippen LogP contribution in [0.2, 0.25) is 5.02 Å². The zero-order valence-electron chi connectivity index (χ0n) is 12.2. The van der Waals surface area contributed by atoms with Crippen molar-refractivity contribution in [1.82, 2.24) is 14.2 Å². The average Bonchev–Trinajstić information content (AvgIpc) is 2.88. The van der Waals surface area contributed by atoms with E-state index in [1.165, 1.54) is 16.6 Å². The van der Waals surface area contributed by atoms with Gasteiger partial charge in [-0.2, -0.15) is 4.31 Å². The molecule has 1 saturated heterocycles. The van der Waals surface area contributed by atoms with Crippen molar-refractivity contribution in [2.24, 2.45) is 0 Å². The Hall–Kier alpha value is -0.890. The summed E-state index contributed by atoms with van der Waals surface area (Å²) in [6.07, 6.45) is 3.28. The van der Waals surface area contributed by atoms with Gasteiger partial charge in [0.05, 0.1) is 4.90 Å². The average molecular weight is 334 g/mol. The Morgan fingerprint density at radius 1 is 1.52 bits per heavy atom. The van der Waals surface area contributed by atoms with E-state index in [9.17, 15) is 13.2 Å². The molecule has 1 aliphatic heterocycles. The molecular weight excluding hydrogens is 314 g/mol. The lowest BCUT2D eigenvalue weighted by molar-refractivity contribution is 0.237. The van der Waals surface area contributed by atoms with Crippen molar-refractivity contribution in [2.45, 2.75) is 30.7 Å². The number of hydrogen-bond acceptors (Lipinski definition) is 4. The van der Waals surface area contributed by atoms with Gasteiger partial charge in [0, 0.05) is 25.8 Å². The summed E-state index contributed by atoms with van der Waals surface area (Å²) in [6.45, 7) is 4.45. The van der Waals surface area contributed by atoms with Crippen LogP contribution in [-0.4, -0.2) is 55.3 Å². The molecule has 6 nitrogen and oxygen atoms in total. The van der Waals surface area contributed by atoms with Gasteiger partial charge in [-0.15, -0.1) is 0 Å². The smallest absolute Gasteiger partial charge is 0.266 e. The third kappa shape index (κ3) is 3.48. The number of H-pyrrole nitrogens is 1. The molecule has 0 aliphatic carbocycles. The Labute approximate surface area is 129 Å². The van der Waals surface area contributed by atoms with Crippen LogP contribution in [0.1, 0.15) is 19.8 Å². The predicted molar refractivity (Wildman–Crippen MR) is 82.2 cm³/mol. The SMILES string of the molecule is CCN1CCCC1CN(C)S(=O)(=O)c1c[nH]c(=O)c(Cl)c1. The number of likely N-dealkylation sites (N-methyl/N-ethyl adjacent to an activating group) is 2. The number of likely N-dealkylation sites (tertiary alicyclic amines) is 1. The zero-order valence-corrected chi connectivity index (χ0v) is 13.7. The number of sulfonamides is 1. The van der Waals surface area contributed by atoms with Crippen LogP contribution in [0.25, 0.3) is 0 Å². The molecule has 1 aliphatic rings. The minimum atomic E-state index is -3.65. The summed E-state index contributed by atoms with van der Waals surface area (Å²) in [5.74, 6) is 0. The molecule has 1 aromatic rings. The fraction of sp³-hybridized carbons (Fsp3) is 0.615. The number of nitrogens with one attached hydrogen (secondary N) is 1. The largest absolute Gasteiger partial charge is 0.326 e. The van der Waals surface area contributed by atoms with Crippen LogP contribution >= 0.6 is 11.6 Å². The molecule has 0 aromatic carbocycles. The van der Waals surface area contributed by atoms with Crippen LogP contribution in [0.3, 0.4) is 0 Å². The van der Waals surface area contributed by atoms with Crippen molar-refractivity contribution in [3.8, 4) is 0 Å². The van der Waals surface area contributed by atoms with Crippen molar-refractivity contribution in [2.75, 3.05) is 26.7 Å². The number of aromatic nitrogens is 1. The molecule has 0 saturated carbocycles. The summed E-state index contributed by atoms with van der Waals surface area (Å²) in [4.78, 5) is 15.9. The highest BCUT2D eigenvalue weighted by Gasteiger charge is 2.29. The van der Waals surface area contributed by atoms with Crippen molar-refractivity contribution in [3.63, 3.8) is 0 Å². The maximum atomic E-state index is 12.5. The molecule has 0 bridgehead atoms. The first kappa shape index (κ1) is 16.5. The van der Waals surface area contributed by atoms with E-state index in [2.05, 4.69) is 16.8 Å². The molecular formula is C13H20ClN3O3S. The van der Waals surface area contributed by atoms with Crippen LogP contribution in [0.4, 0.5) is 0 Å². The number of halogens is 1. The van der Waals surface area contributed by atoms with E-state index in [0.717, 1.165) is 25.9 Å². The second-order valence-corrected chi connectivity index (χ2v) is 7.67. The summed E-state index contributed by atoms with van der Waals surface area (Å²) in [5, 5.41) is -0.125. The van der Waals surface area contributed by atoms with Crippen LogP contribution in [0.15, 0.2) is 22.0 Å². The Morgan fingerprint density at radius 3 is 2.86 bits per heavy atom. The van der Waals surface area contributed by atoms with Crippen molar-refractivity contribution in [3.05, 3.63) is 27.6 Å². The van der Waals surface area contributed by atoms with E-state index in [1.807, 2.05) is 0 Å². The highest BCUT2D eigenvalue weighted by Crippen LogP contribution is 2.21. The molecule has 118 valence electrons. The second kappa shape index (κ2) is 6.48. The number of hydrogen-bond donors (Lipinski definition) is 1. The van der Waals surface area contributed by atoms with Crippen LogP contribution < -0.4 is 5.56 Å². The van der Waals surface area contributed by atoms with Gasteiger partial charge in [0.25, 0.3) is 5.56 Å². The van der Waals surface area contributed by atoms with Crippen LogP contribution in [0, 0.1) is 0 Å². The van der Waals surface area contributed by atoms with Gasteiger partial charge >= 0.3 is 0 Å². The van der Waals surface area contributed by atoms with Gasteiger partial charge in [-0.1, -0.05) is 18.5 Å². The van der Waals surface area contributed by atoms with Gasteiger partial charge in [0.2, 0.25) is 10.0 Å². The molecule has 1 aromatic heterocycles. The normalized spacial score (nSPS) is 20.3. The first-order valence-corrected chi connectivity index (χ1v) is 8.76. The summed E-state index contributed by atoms with van der Waals surface area (Å²) in [7, 11) is -2.09. The molecule has 0 radical (unpaired) electrons. The monoisotopic (exact) mass is 333 g/mol. The topological polar surface area (TPSA) is 73.5 Å². The summed E-state index contributed by atoms with van der Waals surface area (Å²) >= 11 is 5.71. The van der Waals surface area contributed by atoms with Gasteiger partial charge < -0.3 is 4.98 Å². The minimum absolute atomic E-state index is 0.00986. The minimum Gasteiger partial charge on any atom is -0.326 e. The van der Waals surface area contributed by atoms with Crippen LogP contribution in [-0.2, 0) is 10.0 Å². The molecule has 0 amide bonds. The molecule has 1 fully saturated rings. The quantitative estimate of drug-likeness (QED) is 0.876. The van der Waals surface area contributed by atoms with Crippen molar-refractivity contribution in [1.29, 1.82) is 0 Å². The molecule has 1 unspecified atom stereocenters. The summed E-state index contributed by atoms with van der Waals surface area (Å²) in [6, 6.07) is 1.44. The number of aromatic amines is 1. The highest BCUT2D eigenvalue weighted by atomic mass is 35.5. The first-order valence-electron chi connectivity index (χ1n) is 6.95. The van der Waals surface area contributed by atoms with E-state index >= 15 is 0 Å². The Morgan fingerprint density at radius 2 is 2.24 bits per heavy atom. The number of rotatable bonds is 5. The maximum Gasteiger partial charge on any atom is 0.266 e. The maximum absolute atomic E-state index is 12.5. The highest BCUT2D eigenvalue weighted by molar-refractivity contribution is 7.89. The molecule has 1 N–H and O–H groups in total. The van der Waals surface area contributed by atoms with E-state index in [1.54, 1.807) is 7.05 Å². The molecule has 2 heterocycles. The van der Waals surface area contributed by atoms with Gasteiger partial charge in [-0.05, 0) is 32.0 Å². The zero-order chi connectivity index (χ0) is 15.6. The summed E-state index contributed by atoms with van der Waals surface area (Å²) in [5.41, 5.74) is -0.494. The predicted octanol–water partition coefficient (Wildman–Crippen LogP) is 1.13. The van der Waals surface area contributed by atoms with E-state index in [-0.39, 0.29) is 16.0 Å². The van der Waals surface area contributed by atoms with Crippen molar-refractivity contribution < 1.29 is 8.42 Å². The molecule has 21 heavy (non-hydrogen) atoms. The molecule has 1 atom stereocenters. The fourth-order valence-corrected chi connectivity index (χ4v) is 4.12. The van der Waals surface area contributed by atoms with Gasteiger partial charge in [0.1, 0.15) is 5.02 Å². The number of nitrogens with zero attached hydrogens (tertiary/aromatic N) is 2. The van der Waals surface area contributed by atoms with E-state index in [0.29, 0.717) is 6.54 Å². The lowest BCUT2D eigenvalue weighted by Crippen LogP contribution is -2.41. The number of pyridine rings is 1. The van der Waals surface area contributed by atoms with E-state index < -0.39 is 15.6 Å². The third-order valence-corrected chi connectivity index (χ3v) is 5.99. The molecule has 8 heteroatoms. The van der Waals surface area contributed by atoms with Gasteiger partial charge in [0.15, 0.2) is 0 Å². The third-order valence-electron chi connectivity index (χ3n) is 3.91. The molecule has 2 rings (SSSR count). The Kier molecular flexibility index (Phi) is 5.08. The second-order valence-electron chi connectivity index (χ2n) is 5.22. The Bertz CT molecular complexity index is 659. The fourth-order valence-electron chi connectivity index (χ4n) is 2.68. The van der Waals surface area contributed by atoms with Crippen LogP contribution in [0.5, 0.6) is 0 Å². The van der Waals surface area contributed by atoms with Gasteiger partial charge in [-0.3, -0.25) is 9.69 Å². The lowest BCUT2D eigenvalue weighted by atomic mass is 10.2. The van der Waals surface area contributed by atoms with E-state index in [4.69, 9.17) is 11.6 Å². The summed E-state index contributed by atoms with van der Waals surface area (Å²) < 4.78 is 26.3. The van der Waals surface area contributed by atoms with Gasteiger partial charge in [-0.25, -0.2) is 8.42 Å². The standard InChI is InChI=1S/C13H20ClN3O3S/c1-3-17-6-4-5-10(17)9-16(2)21(19,20)11-7-12(14)13(18)15-8-11/h7-8,10H,3-6,9H2,1-2H3,(H,15,18).